The van der Waals surface area contributed by atoms with Crippen molar-refractivity contribution in [3.63, 3.8) is 0 Å². The Balaban J connectivity index is 1.25. The van der Waals surface area contributed by atoms with E-state index in [2.05, 4.69) is 34.4 Å². The molecule has 1 aliphatic heterocycles. The average Bonchev–Trinajstić information content (AvgIpc) is 2.96. The standard InChI is InChI=1S/C19H25N3O3/c1-12-9-16(12)17-4-3-15(24-17)11-22-7-5-14(6-8-22)19(23)20-18-10-13(2)25-21-18/h3-4,10,12,14,16H,5-9,11H2,1-2H3,(H,20,21,23)/t12-,16-/m1/s1. The number of rotatable bonds is 5. The molecule has 0 unspecified atom stereocenters. The number of anilines is 1. The Morgan fingerprint density at radius 2 is 2.12 bits per heavy atom. The largest absolute Gasteiger partial charge is 0.464 e. The van der Waals surface area contributed by atoms with Crippen LogP contribution in [-0.2, 0) is 11.3 Å². The van der Waals surface area contributed by atoms with Crippen molar-refractivity contribution in [3.05, 3.63) is 35.5 Å². The van der Waals surface area contributed by atoms with Crippen LogP contribution >= 0.6 is 0 Å². The molecule has 1 N–H and O–H groups in total. The number of hydrogen-bond donors (Lipinski definition) is 1. The number of nitrogens with one attached hydrogen (secondary N) is 1. The molecule has 2 aliphatic rings. The first-order valence-corrected chi connectivity index (χ1v) is 9.13. The van der Waals surface area contributed by atoms with Gasteiger partial charge >= 0.3 is 0 Å². The number of amides is 1. The van der Waals surface area contributed by atoms with Crippen LogP contribution in [0.5, 0.6) is 0 Å². The zero-order valence-corrected chi connectivity index (χ0v) is 14.8. The lowest BCUT2D eigenvalue weighted by Gasteiger charge is -2.30. The van der Waals surface area contributed by atoms with Crippen molar-refractivity contribution in [2.45, 2.75) is 45.6 Å². The number of hydrogen-bond acceptors (Lipinski definition) is 5. The molecular weight excluding hydrogens is 318 g/mol. The van der Waals surface area contributed by atoms with Gasteiger partial charge in [-0.1, -0.05) is 12.1 Å². The topological polar surface area (TPSA) is 71.5 Å². The van der Waals surface area contributed by atoms with Crippen LogP contribution in [-0.4, -0.2) is 29.1 Å². The first kappa shape index (κ1) is 16.4. The first-order valence-electron chi connectivity index (χ1n) is 9.13. The number of carbonyl (C=O) groups is 1. The van der Waals surface area contributed by atoms with Crippen LogP contribution in [0.4, 0.5) is 5.82 Å². The molecule has 1 saturated heterocycles. The summed E-state index contributed by atoms with van der Waals surface area (Å²) in [5, 5.41) is 6.66. The van der Waals surface area contributed by atoms with Gasteiger partial charge in [-0.05, 0) is 57.3 Å². The van der Waals surface area contributed by atoms with Crippen LogP contribution in [0.1, 0.15) is 49.4 Å². The molecule has 134 valence electrons. The molecule has 0 aromatic carbocycles. The van der Waals surface area contributed by atoms with Crippen LogP contribution in [0, 0.1) is 18.8 Å². The fourth-order valence-electron chi connectivity index (χ4n) is 3.62. The van der Waals surface area contributed by atoms with E-state index in [1.54, 1.807) is 6.07 Å². The normalized spacial score (nSPS) is 24.4. The molecule has 0 bridgehead atoms. The van der Waals surface area contributed by atoms with Gasteiger partial charge in [0.1, 0.15) is 17.3 Å². The van der Waals surface area contributed by atoms with E-state index in [0.717, 1.165) is 49.9 Å². The highest BCUT2D eigenvalue weighted by atomic mass is 16.5. The van der Waals surface area contributed by atoms with E-state index in [1.807, 2.05) is 6.92 Å². The number of aromatic nitrogens is 1. The zero-order valence-electron chi connectivity index (χ0n) is 14.8. The van der Waals surface area contributed by atoms with E-state index in [1.165, 1.54) is 6.42 Å². The van der Waals surface area contributed by atoms with E-state index in [0.29, 0.717) is 17.5 Å². The van der Waals surface area contributed by atoms with Gasteiger partial charge in [0.05, 0.1) is 6.54 Å². The van der Waals surface area contributed by atoms with Crippen LogP contribution < -0.4 is 5.32 Å². The van der Waals surface area contributed by atoms with Crippen molar-refractivity contribution in [1.82, 2.24) is 10.1 Å². The van der Waals surface area contributed by atoms with Gasteiger partial charge in [-0.2, -0.15) is 0 Å². The second-order valence-electron chi connectivity index (χ2n) is 7.49. The number of aryl methyl sites for hydroxylation is 1. The summed E-state index contributed by atoms with van der Waals surface area (Å²) in [7, 11) is 0. The monoisotopic (exact) mass is 343 g/mol. The molecule has 0 radical (unpaired) electrons. The predicted octanol–water partition coefficient (Wildman–Crippen LogP) is 3.55. The number of piperidine rings is 1. The van der Waals surface area contributed by atoms with Gasteiger partial charge in [-0.25, -0.2) is 0 Å². The Labute approximate surface area is 147 Å². The highest BCUT2D eigenvalue weighted by molar-refractivity contribution is 5.91. The molecule has 4 rings (SSSR count). The molecule has 3 heterocycles. The summed E-state index contributed by atoms with van der Waals surface area (Å²) >= 11 is 0. The summed E-state index contributed by atoms with van der Waals surface area (Å²) < 4.78 is 11.0. The van der Waals surface area contributed by atoms with Crippen molar-refractivity contribution < 1.29 is 13.7 Å². The quantitative estimate of drug-likeness (QED) is 0.899. The number of likely N-dealkylation sites (tertiary alicyclic amines) is 1. The maximum Gasteiger partial charge on any atom is 0.228 e. The molecule has 2 aromatic heterocycles. The van der Waals surface area contributed by atoms with Crippen molar-refractivity contribution in [2.24, 2.45) is 11.8 Å². The minimum absolute atomic E-state index is 0.0349. The van der Waals surface area contributed by atoms with E-state index >= 15 is 0 Å². The summed E-state index contributed by atoms with van der Waals surface area (Å²) in [6, 6.07) is 5.97. The van der Waals surface area contributed by atoms with E-state index in [-0.39, 0.29) is 11.8 Å². The summed E-state index contributed by atoms with van der Waals surface area (Å²) in [6.45, 7) is 6.73. The maximum atomic E-state index is 12.3. The second kappa shape index (κ2) is 6.67. The lowest BCUT2D eigenvalue weighted by atomic mass is 9.96. The Hall–Kier alpha value is -2.08. The first-order chi connectivity index (χ1) is 12.1. The SMILES string of the molecule is Cc1cc(NC(=O)C2CCN(Cc3ccc([C@@H]4C[C@H]4C)o3)CC2)no1. The van der Waals surface area contributed by atoms with Crippen molar-refractivity contribution in [2.75, 3.05) is 18.4 Å². The molecule has 0 spiro atoms. The average molecular weight is 343 g/mol. The number of furan rings is 1. The molecule has 6 heteroatoms. The van der Waals surface area contributed by atoms with Gasteiger partial charge in [0.25, 0.3) is 0 Å². The molecule has 1 amide bonds. The summed E-state index contributed by atoms with van der Waals surface area (Å²) in [5.41, 5.74) is 0. The molecular formula is C19H25N3O3. The van der Waals surface area contributed by atoms with Crippen molar-refractivity contribution in [3.8, 4) is 0 Å². The van der Waals surface area contributed by atoms with Gasteiger partial charge in [-0.15, -0.1) is 0 Å². The Bertz CT molecular complexity index is 743. The number of carbonyl (C=O) groups excluding carboxylic acids is 1. The van der Waals surface area contributed by atoms with Crippen molar-refractivity contribution in [1.29, 1.82) is 0 Å². The Kier molecular flexibility index (Phi) is 4.37. The molecule has 1 saturated carbocycles. The van der Waals surface area contributed by atoms with Crippen LogP contribution in [0.25, 0.3) is 0 Å². The predicted molar refractivity (Wildman–Crippen MR) is 93.1 cm³/mol. The molecule has 2 atom stereocenters. The Morgan fingerprint density at radius 3 is 2.76 bits per heavy atom. The van der Waals surface area contributed by atoms with E-state index in [9.17, 15) is 4.79 Å². The van der Waals surface area contributed by atoms with Gasteiger partial charge in [0.15, 0.2) is 5.82 Å². The van der Waals surface area contributed by atoms with Crippen LogP contribution in [0.15, 0.2) is 27.1 Å². The van der Waals surface area contributed by atoms with E-state index < -0.39 is 0 Å². The highest BCUT2D eigenvalue weighted by Crippen LogP contribution is 2.47. The minimum Gasteiger partial charge on any atom is -0.464 e. The van der Waals surface area contributed by atoms with Gasteiger partial charge < -0.3 is 14.3 Å². The molecule has 25 heavy (non-hydrogen) atoms. The molecule has 1 aliphatic carbocycles. The third-order valence-corrected chi connectivity index (χ3v) is 5.37. The second-order valence-corrected chi connectivity index (χ2v) is 7.49. The summed E-state index contributed by atoms with van der Waals surface area (Å²) in [5.74, 6) is 4.84. The van der Waals surface area contributed by atoms with Gasteiger partial charge in [0.2, 0.25) is 5.91 Å². The third kappa shape index (κ3) is 3.79. The highest BCUT2D eigenvalue weighted by Gasteiger charge is 2.36. The van der Waals surface area contributed by atoms with Gasteiger partial charge in [-0.3, -0.25) is 9.69 Å². The molecule has 6 nitrogen and oxygen atoms in total. The lowest BCUT2D eigenvalue weighted by molar-refractivity contribution is -0.121. The summed E-state index contributed by atoms with van der Waals surface area (Å²) in [4.78, 5) is 14.7. The Morgan fingerprint density at radius 1 is 1.36 bits per heavy atom. The fourth-order valence-corrected chi connectivity index (χ4v) is 3.62. The lowest BCUT2D eigenvalue weighted by Crippen LogP contribution is -2.37. The van der Waals surface area contributed by atoms with Crippen LogP contribution in [0.2, 0.25) is 0 Å². The smallest absolute Gasteiger partial charge is 0.228 e. The number of nitrogens with zero attached hydrogens (tertiary/aromatic N) is 2. The maximum absolute atomic E-state index is 12.3. The summed E-state index contributed by atoms with van der Waals surface area (Å²) in [6.07, 6.45) is 2.96. The fraction of sp³-hybridized carbons (Fsp3) is 0.579. The zero-order chi connectivity index (χ0) is 17.4. The third-order valence-electron chi connectivity index (χ3n) is 5.37. The van der Waals surface area contributed by atoms with E-state index in [4.69, 9.17) is 8.94 Å². The molecule has 2 aromatic rings. The van der Waals surface area contributed by atoms with Crippen LogP contribution in [0.3, 0.4) is 0 Å². The van der Waals surface area contributed by atoms with Crippen molar-refractivity contribution >= 4 is 11.7 Å². The van der Waals surface area contributed by atoms with Gasteiger partial charge in [0, 0.05) is 17.9 Å². The molecule has 2 fully saturated rings. The minimum atomic E-state index is 0.0349.